The number of nitrogens with zero attached hydrogens (tertiary/aromatic N) is 1. The number of fused-ring (bicyclic) bond motifs is 2. The standard InChI is InChI=1S/C15H19NO/c1-11(2)16-9-8-15(10-16)14-7-5-4-6-13(14)12(3)17-15/h4-7,11H,3,8-10H2,1-2H3. The van der Waals surface area contributed by atoms with Crippen LogP contribution in [0.25, 0.3) is 5.76 Å². The Hall–Kier alpha value is -1.28. The van der Waals surface area contributed by atoms with Crippen molar-refractivity contribution >= 4 is 5.76 Å². The number of hydrogen-bond donors (Lipinski definition) is 0. The number of rotatable bonds is 1. The highest BCUT2D eigenvalue weighted by molar-refractivity contribution is 5.67. The molecule has 2 nitrogen and oxygen atoms in total. The molecule has 1 atom stereocenters. The fraction of sp³-hybridized carbons (Fsp3) is 0.467. The van der Waals surface area contributed by atoms with E-state index in [0.29, 0.717) is 6.04 Å². The molecule has 0 aromatic heterocycles. The monoisotopic (exact) mass is 229 g/mol. The molecule has 0 N–H and O–H groups in total. The minimum Gasteiger partial charge on any atom is -0.481 e. The normalized spacial score (nSPS) is 27.8. The lowest BCUT2D eigenvalue weighted by Crippen LogP contribution is -2.34. The third kappa shape index (κ3) is 1.51. The van der Waals surface area contributed by atoms with Gasteiger partial charge in [-0.2, -0.15) is 0 Å². The summed E-state index contributed by atoms with van der Waals surface area (Å²) in [5.41, 5.74) is 2.39. The van der Waals surface area contributed by atoms with Gasteiger partial charge in [-0.05, 0) is 13.8 Å². The first-order valence-electron chi connectivity index (χ1n) is 6.34. The highest BCUT2D eigenvalue weighted by atomic mass is 16.5. The van der Waals surface area contributed by atoms with Crippen LogP contribution in [0.5, 0.6) is 0 Å². The SMILES string of the molecule is C=C1OC2(CCN(C(C)C)C2)c2ccccc21. The molecule has 3 rings (SSSR count). The van der Waals surface area contributed by atoms with E-state index in [0.717, 1.165) is 25.3 Å². The van der Waals surface area contributed by atoms with E-state index in [1.165, 1.54) is 11.1 Å². The second-order valence-corrected chi connectivity index (χ2v) is 5.38. The first-order chi connectivity index (χ1) is 8.12. The van der Waals surface area contributed by atoms with Gasteiger partial charge in [0, 0.05) is 36.7 Å². The minimum absolute atomic E-state index is 0.127. The molecule has 2 heterocycles. The lowest BCUT2D eigenvalue weighted by Gasteiger charge is -2.26. The maximum atomic E-state index is 6.12. The van der Waals surface area contributed by atoms with Crippen molar-refractivity contribution in [1.82, 2.24) is 4.90 Å². The Balaban J connectivity index is 1.99. The molecule has 2 heteroatoms. The predicted octanol–water partition coefficient (Wildman–Crippen LogP) is 3.00. The molecule has 2 aliphatic heterocycles. The van der Waals surface area contributed by atoms with Crippen molar-refractivity contribution < 1.29 is 4.74 Å². The van der Waals surface area contributed by atoms with Gasteiger partial charge in [-0.3, -0.25) is 4.90 Å². The van der Waals surface area contributed by atoms with Crippen LogP contribution in [-0.4, -0.2) is 24.0 Å². The quantitative estimate of drug-likeness (QED) is 0.734. The number of hydrogen-bond acceptors (Lipinski definition) is 2. The maximum absolute atomic E-state index is 6.12. The zero-order valence-electron chi connectivity index (χ0n) is 10.6. The summed E-state index contributed by atoms with van der Waals surface area (Å²) in [5, 5.41) is 0. The van der Waals surface area contributed by atoms with E-state index in [1.807, 2.05) is 0 Å². The summed E-state index contributed by atoms with van der Waals surface area (Å²) in [6.45, 7) is 10.6. The minimum atomic E-state index is -0.127. The Morgan fingerprint density at radius 1 is 1.35 bits per heavy atom. The van der Waals surface area contributed by atoms with Crippen LogP contribution in [0.2, 0.25) is 0 Å². The van der Waals surface area contributed by atoms with Crippen molar-refractivity contribution in [1.29, 1.82) is 0 Å². The van der Waals surface area contributed by atoms with Crippen LogP contribution >= 0.6 is 0 Å². The van der Waals surface area contributed by atoms with Crippen LogP contribution < -0.4 is 0 Å². The number of benzene rings is 1. The molecule has 0 bridgehead atoms. The van der Waals surface area contributed by atoms with E-state index in [9.17, 15) is 0 Å². The van der Waals surface area contributed by atoms with Gasteiger partial charge < -0.3 is 4.74 Å². The van der Waals surface area contributed by atoms with E-state index in [1.54, 1.807) is 0 Å². The molecule has 1 fully saturated rings. The molecule has 2 aliphatic rings. The van der Waals surface area contributed by atoms with Gasteiger partial charge in [0.25, 0.3) is 0 Å². The Morgan fingerprint density at radius 3 is 2.82 bits per heavy atom. The smallest absolute Gasteiger partial charge is 0.148 e. The van der Waals surface area contributed by atoms with E-state index in [2.05, 4.69) is 49.6 Å². The molecule has 1 unspecified atom stereocenters. The first kappa shape index (κ1) is 10.8. The van der Waals surface area contributed by atoms with Gasteiger partial charge in [0.1, 0.15) is 11.4 Å². The number of ether oxygens (including phenoxy) is 1. The van der Waals surface area contributed by atoms with Crippen LogP contribution in [0.4, 0.5) is 0 Å². The predicted molar refractivity (Wildman–Crippen MR) is 69.6 cm³/mol. The van der Waals surface area contributed by atoms with Crippen molar-refractivity contribution in [2.75, 3.05) is 13.1 Å². The summed E-state index contributed by atoms with van der Waals surface area (Å²) in [7, 11) is 0. The summed E-state index contributed by atoms with van der Waals surface area (Å²) >= 11 is 0. The summed E-state index contributed by atoms with van der Waals surface area (Å²) in [5.74, 6) is 0.839. The molecule has 0 aliphatic carbocycles. The average molecular weight is 229 g/mol. The fourth-order valence-electron chi connectivity index (χ4n) is 3.02. The third-order valence-corrected chi connectivity index (χ3v) is 4.03. The Labute approximate surface area is 103 Å². The second kappa shape index (κ2) is 3.61. The van der Waals surface area contributed by atoms with Gasteiger partial charge in [-0.15, -0.1) is 0 Å². The van der Waals surface area contributed by atoms with Gasteiger partial charge >= 0.3 is 0 Å². The van der Waals surface area contributed by atoms with Crippen molar-refractivity contribution in [2.45, 2.75) is 31.9 Å². The molecule has 0 amide bonds. The zero-order chi connectivity index (χ0) is 12.0. The zero-order valence-corrected chi connectivity index (χ0v) is 10.6. The van der Waals surface area contributed by atoms with Gasteiger partial charge in [0.15, 0.2) is 0 Å². The Morgan fingerprint density at radius 2 is 2.12 bits per heavy atom. The molecule has 0 saturated carbocycles. The molecule has 0 radical (unpaired) electrons. The summed E-state index contributed by atoms with van der Waals surface area (Å²) in [6, 6.07) is 9.04. The molecule has 1 aromatic rings. The second-order valence-electron chi connectivity index (χ2n) is 5.38. The molecule has 17 heavy (non-hydrogen) atoms. The highest BCUT2D eigenvalue weighted by Crippen LogP contribution is 2.47. The van der Waals surface area contributed by atoms with Crippen molar-refractivity contribution in [3.8, 4) is 0 Å². The maximum Gasteiger partial charge on any atom is 0.148 e. The summed E-state index contributed by atoms with van der Waals surface area (Å²) in [6.07, 6.45) is 1.07. The van der Waals surface area contributed by atoms with Crippen LogP contribution in [-0.2, 0) is 10.3 Å². The molecule has 90 valence electrons. The van der Waals surface area contributed by atoms with E-state index in [4.69, 9.17) is 4.74 Å². The summed E-state index contributed by atoms with van der Waals surface area (Å²) in [4.78, 5) is 2.48. The van der Waals surface area contributed by atoms with E-state index >= 15 is 0 Å². The van der Waals surface area contributed by atoms with Crippen LogP contribution in [0, 0.1) is 0 Å². The van der Waals surface area contributed by atoms with Crippen molar-refractivity contribution in [2.24, 2.45) is 0 Å². The third-order valence-electron chi connectivity index (χ3n) is 4.03. The lowest BCUT2D eigenvalue weighted by atomic mass is 9.91. The number of likely N-dealkylation sites (tertiary alicyclic amines) is 1. The Bertz CT molecular complexity index is 466. The van der Waals surface area contributed by atoms with E-state index in [-0.39, 0.29) is 5.60 Å². The molecule has 1 aromatic carbocycles. The van der Waals surface area contributed by atoms with Gasteiger partial charge in [-0.25, -0.2) is 0 Å². The Kier molecular flexibility index (Phi) is 2.30. The van der Waals surface area contributed by atoms with Gasteiger partial charge in [0.05, 0.1) is 0 Å². The van der Waals surface area contributed by atoms with Crippen LogP contribution in [0.15, 0.2) is 30.8 Å². The first-order valence-corrected chi connectivity index (χ1v) is 6.34. The van der Waals surface area contributed by atoms with Crippen molar-refractivity contribution in [3.05, 3.63) is 42.0 Å². The molecular weight excluding hydrogens is 210 g/mol. The molecule has 1 spiro atoms. The topological polar surface area (TPSA) is 12.5 Å². The summed E-state index contributed by atoms with van der Waals surface area (Å²) < 4.78 is 6.12. The fourth-order valence-corrected chi connectivity index (χ4v) is 3.02. The molecule has 1 saturated heterocycles. The molecular formula is C15H19NO. The van der Waals surface area contributed by atoms with Crippen molar-refractivity contribution in [3.63, 3.8) is 0 Å². The van der Waals surface area contributed by atoms with Gasteiger partial charge in [-0.1, -0.05) is 30.8 Å². The largest absolute Gasteiger partial charge is 0.481 e. The van der Waals surface area contributed by atoms with E-state index < -0.39 is 0 Å². The van der Waals surface area contributed by atoms with Gasteiger partial charge in [0.2, 0.25) is 0 Å². The van der Waals surface area contributed by atoms with Crippen LogP contribution in [0.1, 0.15) is 31.4 Å². The van der Waals surface area contributed by atoms with Crippen LogP contribution in [0.3, 0.4) is 0 Å². The average Bonchev–Trinajstić information content (AvgIpc) is 2.85. The lowest BCUT2D eigenvalue weighted by molar-refractivity contribution is 0.0570. The highest BCUT2D eigenvalue weighted by Gasteiger charge is 2.47.